The molecule has 4 aromatic rings. The van der Waals surface area contributed by atoms with Crippen LogP contribution in [0.25, 0.3) is 11.0 Å². The number of nitrogen functional groups attached to an aromatic ring is 1. The van der Waals surface area contributed by atoms with Crippen LogP contribution < -0.4 is 5.73 Å². The Morgan fingerprint density at radius 3 is 2.63 bits per heavy atom. The Bertz CT molecular complexity index is 1170. The molecule has 0 aliphatic heterocycles. The molecule has 1 aliphatic rings. The summed E-state index contributed by atoms with van der Waals surface area (Å²) in [6, 6.07) is 18.3. The minimum atomic E-state index is 0.227. The van der Waals surface area contributed by atoms with Crippen LogP contribution in [0.4, 0.5) is 5.82 Å². The van der Waals surface area contributed by atoms with Crippen LogP contribution in [-0.4, -0.2) is 25.9 Å². The summed E-state index contributed by atoms with van der Waals surface area (Å²) < 4.78 is 8.05. The first-order valence-corrected chi connectivity index (χ1v) is 10.4. The highest BCUT2D eigenvalue weighted by Crippen LogP contribution is 2.37. The molecule has 1 aliphatic carbocycles. The van der Waals surface area contributed by atoms with E-state index in [4.69, 9.17) is 27.2 Å². The number of fused-ring (bicyclic) bond motifs is 1. The van der Waals surface area contributed by atoms with Gasteiger partial charge in [-0.25, -0.2) is 14.6 Å². The van der Waals surface area contributed by atoms with Crippen molar-refractivity contribution >= 4 is 28.5 Å². The first kappa shape index (κ1) is 19.0. The fourth-order valence-corrected chi connectivity index (χ4v) is 4.16. The summed E-state index contributed by atoms with van der Waals surface area (Å²) in [5.41, 5.74) is 10.1. The summed E-state index contributed by atoms with van der Waals surface area (Å²) in [7, 11) is 0. The van der Waals surface area contributed by atoms with Crippen LogP contribution in [0.2, 0.25) is 5.02 Å². The van der Waals surface area contributed by atoms with Gasteiger partial charge in [-0.15, -0.1) is 0 Å². The van der Waals surface area contributed by atoms with Crippen LogP contribution in [0.15, 0.2) is 60.9 Å². The molecule has 0 amide bonds. The maximum atomic E-state index is 6.20. The number of nitrogens with zero attached hydrogens (tertiary/aromatic N) is 4. The monoisotopic (exact) mass is 419 g/mol. The van der Waals surface area contributed by atoms with Crippen molar-refractivity contribution in [3.63, 3.8) is 0 Å². The molecule has 0 unspecified atom stereocenters. The molecule has 0 radical (unpaired) electrons. The quantitative estimate of drug-likeness (QED) is 0.495. The van der Waals surface area contributed by atoms with Crippen LogP contribution in [0.3, 0.4) is 0 Å². The predicted molar refractivity (Wildman–Crippen MR) is 117 cm³/mol. The third kappa shape index (κ3) is 3.76. The summed E-state index contributed by atoms with van der Waals surface area (Å²) in [5, 5.41) is 6.42. The summed E-state index contributed by atoms with van der Waals surface area (Å²) in [6.07, 6.45) is 4.17. The van der Waals surface area contributed by atoms with Crippen LogP contribution >= 0.6 is 11.6 Å². The fraction of sp³-hybridized carbons (Fsp3) is 0.261. The zero-order valence-electron chi connectivity index (χ0n) is 16.4. The number of hydrogen-bond donors (Lipinski definition) is 1. The standard InChI is InChI=1S/C23H22ClN5O/c24-17-8-4-7-16(9-17)10-20-21-22(25)26-14-27-23(21)29(28-20)18-11-19(12-18)30-13-15-5-2-1-3-6-15/h1-9,14,18-19H,10-13H2,(H2,25,26,27)/t18-,19-. The van der Waals surface area contributed by atoms with Gasteiger partial charge in [0.15, 0.2) is 5.65 Å². The lowest BCUT2D eigenvalue weighted by Crippen LogP contribution is -2.34. The minimum absolute atomic E-state index is 0.227. The van der Waals surface area contributed by atoms with E-state index < -0.39 is 0 Å². The first-order chi connectivity index (χ1) is 14.7. The zero-order valence-corrected chi connectivity index (χ0v) is 17.2. The molecule has 2 N–H and O–H groups in total. The predicted octanol–water partition coefficient (Wildman–Crippen LogP) is 4.57. The third-order valence-electron chi connectivity index (χ3n) is 5.60. The molecule has 7 heteroatoms. The summed E-state index contributed by atoms with van der Waals surface area (Å²) in [4.78, 5) is 8.67. The van der Waals surface area contributed by atoms with Gasteiger partial charge < -0.3 is 10.5 Å². The number of nitrogens with two attached hydrogens (primary N) is 1. The van der Waals surface area contributed by atoms with Crippen molar-refractivity contribution in [2.24, 2.45) is 0 Å². The summed E-state index contributed by atoms with van der Waals surface area (Å²) in [6.45, 7) is 0.632. The van der Waals surface area contributed by atoms with E-state index in [1.807, 2.05) is 47.1 Å². The SMILES string of the molecule is Nc1ncnc2c1c(Cc1cccc(Cl)c1)nn2[C@H]1C[C@H](OCc2ccccc2)C1. The lowest BCUT2D eigenvalue weighted by Gasteiger charge is -2.35. The molecule has 1 saturated carbocycles. The maximum Gasteiger partial charge on any atom is 0.163 e. The van der Waals surface area contributed by atoms with Crippen molar-refractivity contribution in [1.82, 2.24) is 19.7 Å². The number of rotatable bonds is 6. The Hall–Kier alpha value is -2.96. The number of halogens is 1. The molecule has 30 heavy (non-hydrogen) atoms. The number of aromatic nitrogens is 4. The lowest BCUT2D eigenvalue weighted by atomic mass is 9.89. The molecule has 0 spiro atoms. The van der Waals surface area contributed by atoms with Crippen molar-refractivity contribution in [1.29, 1.82) is 0 Å². The highest BCUT2D eigenvalue weighted by Gasteiger charge is 2.34. The van der Waals surface area contributed by atoms with Crippen molar-refractivity contribution in [2.45, 2.75) is 38.0 Å². The van der Waals surface area contributed by atoms with Crippen LogP contribution in [-0.2, 0) is 17.8 Å². The lowest BCUT2D eigenvalue weighted by molar-refractivity contribution is -0.0375. The van der Waals surface area contributed by atoms with Crippen LogP contribution in [0.1, 0.15) is 35.7 Å². The number of benzene rings is 2. The molecular formula is C23H22ClN5O. The van der Waals surface area contributed by atoms with E-state index in [0.717, 1.165) is 35.1 Å². The minimum Gasteiger partial charge on any atom is -0.383 e. The normalized spacial score (nSPS) is 18.4. The summed E-state index contributed by atoms with van der Waals surface area (Å²) in [5.74, 6) is 0.458. The first-order valence-electron chi connectivity index (χ1n) is 10.0. The smallest absolute Gasteiger partial charge is 0.163 e. The van der Waals surface area contributed by atoms with E-state index in [1.54, 1.807) is 0 Å². The second-order valence-corrected chi connectivity index (χ2v) is 8.14. The number of hydrogen-bond acceptors (Lipinski definition) is 5. The molecule has 2 heterocycles. The van der Waals surface area contributed by atoms with Gasteiger partial charge in [-0.2, -0.15) is 5.10 Å². The van der Waals surface area contributed by atoms with Gasteiger partial charge in [-0.05, 0) is 36.1 Å². The van der Waals surface area contributed by atoms with Crippen molar-refractivity contribution < 1.29 is 4.74 Å². The van der Waals surface area contributed by atoms with Crippen molar-refractivity contribution in [2.75, 3.05) is 5.73 Å². The van der Waals surface area contributed by atoms with E-state index in [-0.39, 0.29) is 12.1 Å². The Labute approximate surface area is 179 Å². The molecule has 2 aromatic carbocycles. The molecule has 0 atom stereocenters. The average Bonchev–Trinajstić information content (AvgIpc) is 3.07. The van der Waals surface area contributed by atoms with Gasteiger partial charge in [-0.1, -0.05) is 54.1 Å². The van der Waals surface area contributed by atoms with Gasteiger partial charge in [0.1, 0.15) is 12.1 Å². The fourth-order valence-electron chi connectivity index (χ4n) is 3.95. The average molecular weight is 420 g/mol. The van der Waals surface area contributed by atoms with E-state index in [2.05, 4.69) is 22.1 Å². The van der Waals surface area contributed by atoms with E-state index >= 15 is 0 Å². The van der Waals surface area contributed by atoms with Gasteiger partial charge in [-0.3, -0.25) is 0 Å². The van der Waals surface area contributed by atoms with E-state index in [1.165, 1.54) is 11.9 Å². The van der Waals surface area contributed by atoms with Crippen molar-refractivity contribution in [3.05, 3.63) is 82.8 Å². The van der Waals surface area contributed by atoms with Gasteiger partial charge in [0.2, 0.25) is 0 Å². The molecule has 1 fully saturated rings. The molecule has 152 valence electrons. The van der Waals surface area contributed by atoms with Gasteiger partial charge in [0.05, 0.1) is 29.8 Å². The highest BCUT2D eigenvalue weighted by atomic mass is 35.5. The molecule has 0 saturated heterocycles. The molecular weight excluding hydrogens is 398 g/mol. The van der Waals surface area contributed by atoms with Gasteiger partial charge >= 0.3 is 0 Å². The molecule has 5 rings (SSSR count). The van der Waals surface area contributed by atoms with Crippen LogP contribution in [0.5, 0.6) is 0 Å². The molecule has 6 nitrogen and oxygen atoms in total. The molecule has 2 aromatic heterocycles. The Morgan fingerprint density at radius 2 is 1.83 bits per heavy atom. The number of ether oxygens (including phenoxy) is 1. The highest BCUT2D eigenvalue weighted by molar-refractivity contribution is 6.30. The second kappa shape index (κ2) is 8.05. The van der Waals surface area contributed by atoms with E-state index in [9.17, 15) is 0 Å². The topological polar surface area (TPSA) is 78.9 Å². The van der Waals surface area contributed by atoms with Gasteiger partial charge in [0.25, 0.3) is 0 Å². The third-order valence-corrected chi connectivity index (χ3v) is 5.83. The second-order valence-electron chi connectivity index (χ2n) is 7.70. The maximum absolute atomic E-state index is 6.20. The van der Waals surface area contributed by atoms with Crippen molar-refractivity contribution in [3.8, 4) is 0 Å². The molecule has 0 bridgehead atoms. The Morgan fingerprint density at radius 1 is 1.03 bits per heavy atom. The Kier molecular flexibility index (Phi) is 5.11. The number of anilines is 1. The van der Waals surface area contributed by atoms with Gasteiger partial charge in [0, 0.05) is 11.4 Å². The van der Waals surface area contributed by atoms with E-state index in [0.29, 0.717) is 23.9 Å². The summed E-state index contributed by atoms with van der Waals surface area (Å²) >= 11 is 6.15. The Balaban J connectivity index is 1.35. The largest absolute Gasteiger partial charge is 0.383 e. The zero-order chi connectivity index (χ0) is 20.5. The van der Waals surface area contributed by atoms with Crippen LogP contribution in [0, 0.1) is 0 Å².